The molecule has 0 fully saturated rings. The molecular weight excluding hydrogens is 293 g/mol. The first kappa shape index (κ1) is 15.3. The van der Waals surface area contributed by atoms with Crippen LogP contribution in [0.15, 0.2) is 36.4 Å². The van der Waals surface area contributed by atoms with E-state index >= 15 is 0 Å². The molecule has 0 saturated carbocycles. The monoisotopic (exact) mass is 307 g/mol. The lowest BCUT2D eigenvalue weighted by Gasteiger charge is -2.10. The van der Waals surface area contributed by atoms with E-state index in [-0.39, 0.29) is 5.82 Å². The van der Waals surface area contributed by atoms with Gasteiger partial charge in [-0.05, 0) is 42.3 Å². The second-order valence-electron chi connectivity index (χ2n) is 4.62. The Hall–Kier alpha value is -2.07. The third-order valence-electron chi connectivity index (χ3n) is 3.10. The van der Waals surface area contributed by atoms with Gasteiger partial charge < -0.3 is 10.1 Å². The van der Waals surface area contributed by atoms with E-state index in [0.29, 0.717) is 28.4 Å². The van der Waals surface area contributed by atoms with Gasteiger partial charge in [0.1, 0.15) is 5.82 Å². The summed E-state index contributed by atoms with van der Waals surface area (Å²) in [5.41, 5.74) is 2.42. The molecule has 0 bridgehead atoms. The molecule has 2 aromatic rings. The molecule has 110 valence electrons. The number of anilines is 1. The Bertz CT molecular complexity index is 673. The van der Waals surface area contributed by atoms with Crippen LogP contribution in [0.1, 0.15) is 21.5 Å². The fourth-order valence-corrected chi connectivity index (χ4v) is 2.05. The second-order valence-corrected chi connectivity index (χ2v) is 5.03. The summed E-state index contributed by atoms with van der Waals surface area (Å²) in [4.78, 5) is 11.6. The van der Waals surface area contributed by atoms with Crippen LogP contribution in [0.4, 0.5) is 10.1 Å². The predicted molar refractivity (Wildman–Crippen MR) is 81.3 cm³/mol. The Morgan fingerprint density at radius 1 is 1.29 bits per heavy atom. The van der Waals surface area contributed by atoms with E-state index in [9.17, 15) is 9.18 Å². The molecule has 0 heterocycles. The summed E-state index contributed by atoms with van der Waals surface area (Å²) in [5.74, 6) is -0.731. The van der Waals surface area contributed by atoms with Gasteiger partial charge in [0.05, 0.1) is 17.7 Å². The summed E-state index contributed by atoms with van der Waals surface area (Å²) in [5, 5.41) is 3.45. The fraction of sp³-hybridized carbons (Fsp3) is 0.188. The van der Waals surface area contributed by atoms with Crippen molar-refractivity contribution in [2.24, 2.45) is 0 Å². The first-order valence-electron chi connectivity index (χ1n) is 6.38. The van der Waals surface area contributed by atoms with Gasteiger partial charge in [-0.1, -0.05) is 23.7 Å². The van der Waals surface area contributed by atoms with Gasteiger partial charge in [-0.15, -0.1) is 0 Å². The van der Waals surface area contributed by atoms with Crippen LogP contribution in [-0.4, -0.2) is 13.1 Å². The molecule has 0 radical (unpaired) electrons. The number of ether oxygens (including phenoxy) is 1. The van der Waals surface area contributed by atoms with Crippen molar-refractivity contribution in [2.45, 2.75) is 13.5 Å². The topological polar surface area (TPSA) is 38.3 Å². The number of methoxy groups -OCH3 is 1. The molecule has 0 atom stereocenters. The molecule has 5 heteroatoms. The van der Waals surface area contributed by atoms with Crippen molar-refractivity contribution >= 4 is 23.3 Å². The first-order valence-corrected chi connectivity index (χ1v) is 6.76. The predicted octanol–water partition coefficient (Wildman–Crippen LogP) is 4.19. The van der Waals surface area contributed by atoms with E-state index in [1.54, 1.807) is 31.2 Å². The molecule has 0 saturated heterocycles. The van der Waals surface area contributed by atoms with Gasteiger partial charge in [-0.2, -0.15) is 0 Å². The highest BCUT2D eigenvalue weighted by molar-refractivity contribution is 6.33. The number of hydrogen-bond donors (Lipinski definition) is 1. The van der Waals surface area contributed by atoms with Crippen LogP contribution in [0.3, 0.4) is 0 Å². The number of rotatable bonds is 4. The number of aryl methyl sites for hydroxylation is 1. The van der Waals surface area contributed by atoms with Gasteiger partial charge in [0.2, 0.25) is 0 Å². The molecule has 0 amide bonds. The Morgan fingerprint density at radius 3 is 2.71 bits per heavy atom. The average molecular weight is 308 g/mol. The van der Waals surface area contributed by atoms with Gasteiger partial charge in [0.25, 0.3) is 0 Å². The van der Waals surface area contributed by atoms with Crippen LogP contribution in [-0.2, 0) is 11.3 Å². The molecule has 3 nitrogen and oxygen atoms in total. The van der Waals surface area contributed by atoms with Crippen molar-refractivity contribution in [3.05, 3.63) is 63.9 Å². The van der Waals surface area contributed by atoms with Gasteiger partial charge >= 0.3 is 5.97 Å². The molecule has 0 aliphatic rings. The number of benzene rings is 2. The minimum absolute atomic E-state index is 0.236. The highest BCUT2D eigenvalue weighted by atomic mass is 35.5. The molecule has 0 aliphatic carbocycles. The van der Waals surface area contributed by atoms with Crippen LogP contribution in [0.5, 0.6) is 0 Å². The molecule has 2 rings (SSSR count). The van der Waals surface area contributed by atoms with E-state index in [0.717, 1.165) is 5.56 Å². The number of carbonyl (C=O) groups excluding carboxylic acids is 1. The van der Waals surface area contributed by atoms with Crippen molar-refractivity contribution in [2.75, 3.05) is 12.4 Å². The molecule has 2 aromatic carbocycles. The average Bonchev–Trinajstić information content (AvgIpc) is 2.49. The zero-order valence-electron chi connectivity index (χ0n) is 11.7. The zero-order valence-corrected chi connectivity index (χ0v) is 12.5. The quantitative estimate of drug-likeness (QED) is 0.861. The molecular formula is C16H15ClFNO2. The first-order chi connectivity index (χ1) is 10.0. The molecule has 21 heavy (non-hydrogen) atoms. The Morgan fingerprint density at radius 2 is 2.05 bits per heavy atom. The summed E-state index contributed by atoms with van der Waals surface area (Å²) in [7, 11) is 1.30. The lowest BCUT2D eigenvalue weighted by molar-refractivity contribution is 0.0601. The van der Waals surface area contributed by atoms with Crippen molar-refractivity contribution in [3.63, 3.8) is 0 Å². The number of hydrogen-bond acceptors (Lipinski definition) is 3. The molecule has 0 aromatic heterocycles. The fourth-order valence-electron chi connectivity index (χ4n) is 1.85. The van der Waals surface area contributed by atoms with Crippen LogP contribution in [0.25, 0.3) is 0 Å². The van der Waals surface area contributed by atoms with E-state index in [1.807, 2.05) is 6.07 Å². The number of nitrogens with one attached hydrogen (secondary N) is 1. The molecule has 0 unspecified atom stereocenters. The van der Waals surface area contributed by atoms with Gasteiger partial charge in [0.15, 0.2) is 0 Å². The van der Waals surface area contributed by atoms with Gasteiger partial charge in [0, 0.05) is 12.2 Å². The third kappa shape index (κ3) is 3.73. The molecule has 0 spiro atoms. The van der Waals surface area contributed by atoms with Crippen LogP contribution in [0.2, 0.25) is 5.02 Å². The van der Waals surface area contributed by atoms with E-state index in [1.165, 1.54) is 13.2 Å². The smallest absolute Gasteiger partial charge is 0.339 e. The summed E-state index contributed by atoms with van der Waals surface area (Å²) in [6.07, 6.45) is 0. The Kier molecular flexibility index (Phi) is 4.81. The second kappa shape index (κ2) is 6.59. The van der Waals surface area contributed by atoms with Crippen molar-refractivity contribution < 1.29 is 13.9 Å². The third-order valence-corrected chi connectivity index (χ3v) is 3.43. The standard InChI is InChI=1S/C16H15ClFNO2/c1-10-3-4-11(7-15(10)18)9-19-12-5-6-14(17)13(8-12)16(20)21-2/h3-8,19H,9H2,1-2H3. The highest BCUT2D eigenvalue weighted by Crippen LogP contribution is 2.22. The maximum absolute atomic E-state index is 13.5. The minimum Gasteiger partial charge on any atom is -0.465 e. The number of esters is 1. The Labute approximate surface area is 127 Å². The SMILES string of the molecule is COC(=O)c1cc(NCc2ccc(C)c(F)c2)ccc1Cl. The Balaban J connectivity index is 2.13. The van der Waals surface area contributed by atoms with E-state index in [2.05, 4.69) is 10.1 Å². The number of carbonyl (C=O) groups is 1. The summed E-state index contributed by atoms with van der Waals surface area (Å²) >= 11 is 5.95. The van der Waals surface area contributed by atoms with Crippen LogP contribution in [0, 0.1) is 12.7 Å². The van der Waals surface area contributed by atoms with Crippen molar-refractivity contribution in [1.29, 1.82) is 0 Å². The largest absolute Gasteiger partial charge is 0.465 e. The summed E-state index contributed by atoms with van der Waals surface area (Å²) in [6, 6.07) is 10.0. The zero-order chi connectivity index (χ0) is 15.4. The van der Waals surface area contributed by atoms with Gasteiger partial charge in [-0.3, -0.25) is 0 Å². The van der Waals surface area contributed by atoms with Crippen molar-refractivity contribution in [3.8, 4) is 0 Å². The van der Waals surface area contributed by atoms with E-state index in [4.69, 9.17) is 11.6 Å². The highest BCUT2D eigenvalue weighted by Gasteiger charge is 2.11. The summed E-state index contributed by atoms with van der Waals surface area (Å²) < 4.78 is 18.1. The summed E-state index contributed by atoms with van der Waals surface area (Å²) in [6.45, 7) is 2.16. The van der Waals surface area contributed by atoms with E-state index < -0.39 is 5.97 Å². The lowest BCUT2D eigenvalue weighted by Crippen LogP contribution is -2.05. The number of halogens is 2. The molecule has 0 aliphatic heterocycles. The minimum atomic E-state index is -0.495. The maximum atomic E-state index is 13.5. The van der Waals surface area contributed by atoms with Crippen molar-refractivity contribution in [1.82, 2.24) is 0 Å². The maximum Gasteiger partial charge on any atom is 0.339 e. The lowest BCUT2D eigenvalue weighted by atomic mass is 10.1. The molecule has 1 N–H and O–H groups in total. The van der Waals surface area contributed by atoms with Crippen LogP contribution >= 0.6 is 11.6 Å². The normalized spacial score (nSPS) is 10.3. The van der Waals surface area contributed by atoms with Crippen LogP contribution < -0.4 is 5.32 Å². The van der Waals surface area contributed by atoms with Gasteiger partial charge in [-0.25, -0.2) is 9.18 Å².